The van der Waals surface area contributed by atoms with Gasteiger partial charge in [0.15, 0.2) is 0 Å². The molecule has 1 fully saturated rings. The third kappa shape index (κ3) is 2.97. The van der Waals surface area contributed by atoms with Gasteiger partial charge in [0.25, 0.3) is 0 Å². The Labute approximate surface area is 103 Å². The van der Waals surface area contributed by atoms with E-state index in [0.29, 0.717) is 0 Å². The fourth-order valence-electron chi connectivity index (χ4n) is 2.31. The summed E-state index contributed by atoms with van der Waals surface area (Å²) < 4.78 is 5.28. The van der Waals surface area contributed by atoms with Crippen molar-refractivity contribution in [2.24, 2.45) is 0 Å². The molecule has 0 aliphatic carbocycles. The molecule has 1 saturated heterocycles. The number of hydrogen-bond acceptors (Lipinski definition) is 4. The lowest BCUT2D eigenvalue weighted by Crippen LogP contribution is -2.48. The predicted molar refractivity (Wildman–Crippen MR) is 69.2 cm³/mol. The second-order valence-electron chi connectivity index (χ2n) is 4.25. The molecular weight excluding hydrogens is 214 g/mol. The fraction of sp³-hybridized carbons (Fsp3) is 0.538. The van der Waals surface area contributed by atoms with E-state index in [1.165, 1.54) is 5.56 Å². The third-order valence-corrected chi connectivity index (χ3v) is 3.20. The minimum Gasteiger partial charge on any atom is -0.497 e. The molecule has 17 heavy (non-hydrogen) atoms. The van der Waals surface area contributed by atoms with Crippen molar-refractivity contribution in [2.75, 3.05) is 40.3 Å². The molecule has 94 valence electrons. The van der Waals surface area contributed by atoms with E-state index in [2.05, 4.69) is 27.7 Å². The summed E-state index contributed by atoms with van der Waals surface area (Å²) >= 11 is 0. The van der Waals surface area contributed by atoms with Gasteiger partial charge in [-0.15, -0.1) is 0 Å². The van der Waals surface area contributed by atoms with Gasteiger partial charge in [0.2, 0.25) is 0 Å². The van der Waals surface area contributed by atoms with Crippen LogP contribution >= 0.6 is 0 Å². The van der Waals surface area contributed by atoms with E-state index >= 15 is 0 Å². The van der Waals surface area contributed by atoms with Crippen LogP contribution in [-0.2, 0) is 0 Å². The lowest BCUT2D eigenvalue weighted by atomic mass is 10.1. The van der Waals surface area contributed by atoms with Gasteiger partial charge in [0.05, 0.1) is 13.3 Å². The predicted octanol–water partition coefficient (Wildman–Crippen LogP) is 0.818. The molecule has 1 aromatic rings. The summed E-state index contributed by atoms with van der Waals surface area (Å²) in [6.07, 6.45) is 0.271. The Kier molecular flexibility index (Phi) is 4.36. The maximum Gasteiger partial charge on any atom is 0.119 e. The average Bonchev–Trinajstić information content (AvgIpc) is 2.41. The van der Waals surface area contributed by atoms with Crippen molar-refractivity contribution >= 4 is 0 Å². The van der Waals surface area contributed by atoms with Crippen LogP contribution in [0.4, 0.5) is 0 Å². The maximum absolute atomic E-state index is 5.28. The number of nitrogens with one attached hydrogen (secondary N) is 2. The molecule has 0 aromatic heterocycles. The van der Waals surface area contributed by atoms with E-state index in [0.717, 1.165) is 31.9 Å². The Hall–Kier alpha value is -1.10. The summed E-state index contributed by atoms with van der Waals surface area (Å²) in [4.78, 5) is 2.45. The molecule has 1 aromatic carbocycles. The van der Waals surface area contributed by atoms with Crippen LogP contribution in [-0.4, -0.2) is 45.2 Å². The molecule has 1 aliphatic heterocycles. The SMILES string of the molecule is CNC(c1cccc(OC)c1)N1CCNCC1. The zero-order valence-corrected chi connectivity index (χ0v) is 10.6. The van der Waals surface area contributed by atoms with Gasteiger partial charge in [-0.3, -0.25) is 4.90 Å². The Morgan fingerprint density at radius 1 is 1.35 bits per heavy atom. The molecule has 2 N–H and O–H groups in total. The number of methoxy groups -OCH3 is 1. The molecule has 4 heteroatoms. The second kappa shape index (κ2) is 6.00. The van der Waals surface area contributed by atoms with Crippen LogP contribution in [0, 0.1) is 0 Å². The van der Waals surface area contributed by atoms with Crippen LogP contribution in [0.1, 0.15) is 11.7 Å². The molecule has 0 bridgehead atoms. The first-order valence-corrected chi connectivity index (χ1v) is 6.11. The van der Waals surface area contributed by atoms with Crippen molar-refractivity contribution in [1.82, 2.24) is 15.5 Å². The molecule has 1 aliphatic rings. The van der Waals surface area contributed by atoms with Gasteiger partial charge in [-0.05, 0) is 24.7 Å². The molecular formula is C13H21N3O. The molecule has 2 rings (SSSR count). The van der Waals surface area contributed by atoms with Crippen molar-refractivity contribution in [3.63, 3.8) is 0 Å². The van der Waals surface area contributed by atoms with E-state index in [-0.39, 0.29) is 6.17 Å². The largest absolute Gasteiger partial charge is 0.497 e. The first kappa shape index (κ1) is 12.4. The summed E-state index contributed by atoms with van der Waals surface area (Å²) in [5, 5.41) is 6.76. The monoisotopic (exact) mass is 235 g/mol. The first-order chi connectivity index (χ1) is 8.35. The number of nitrogens with zero attached hydrogens (tertiary/aromatic N) is 1. The third-order valence-electron chi connectivity index (χ3n) is 3.20. The molecule has 0 saturated carbocycles. The van der Waals surface area contributed by atoms with Crippen molar-refractivity contribution < 1.29 is 4.74 Å². The Bertz CT molecular complexity index is 350. The van der Waals surface area contributed by atoms with E-state index in [1.54, 1.807) is 7.11 Å². The highest BCUT2D eigenvalue weighted by molar-refractivity contribution is 5.30. The van der Waals surface area contributed by atoms with E-state index < -0.39 is 0 Å². The number of ether oxygens (including phenoxy) is 1. The van der Waals surface area contributed by atoms with E-state index in [9.17, 15) is 0 Å². The Balaban J connectivity index is 2.15. The standard InChI is InChI=1S/C13H21N3O/c1-14-13(16-8-6-15-7-9-16)11-4-3-5-12(10-11)17-2/h3-5,10,13-15H,6-9H2,1-2H3. The molecule has 1 unspecified atom stereocenters. The molecule has 0 spiro atoms. The minimum absolute atomic E-state index is 0.271. The summed E-state index contributed by atoms with van der Waals surface area (Å²) in [6.45, 7) is 4.26. The highest BCUT2D eigenvalue weighted by atomic mass is 16.5. The van der Waals surface area contributed by atoms with Crippen LogP contribution in [0.5, 0.6) is 5.75 Å². The first-order valence-electron chi connectivity index (χ1n) is 6.11. The number of hydrogen-bond donors (Lipinski definition) is 2. The quantitative estimate of drug-likeness (QED) is 0.810. The number of piperazine rings is 1. The van der Waals surface area contributed by atoms with Crippen molar-refractivity contribution in [1.29, 1.82) is 0 Å². The van der Waals surface area contributed by atoms with Crippen LogP contribution in [0.2, 0.25) is 0 Å². The van der Waals surface area contributed by atoms with Gasteiger partial charge < -0.3 is 15.4 Å². The van der Waals surface area contributed by atoms with Crippen molar-refractivity contribution in [3.05, 3.63) is 29.8 Å². The lowest BCUT2D eigenvalue weighted by molar-refractivity contribution is 0.153. The number of rotatable bonds is 4. The zero-order chi connectivity index (χ0) is 12.1. The van der Waals surface area contributed by atoms with Crippen LogP contribution in [0.25, 0.3) is 0 Å². The lowest BCUT2D eigenvalue weighted by Gasteiger charge is -2.35. The van der Waals surface area contributed by atoms with Gasteiger partial charge in [0, 0.05) is 26.2 Å². The Morgan fingerprint density at radius 2 is 2.12 bits per heavy atom. The molecule has 4 nitrogen and oxygen atoms in total. The average molecular weight is 235 g/mol. The maximum atomic E-state index is 5.28. The van der Waals surface area contributed by atoms with E-state index in [4.69, 9.17) is 4.74 Å². The molecule has 0 radical (unpaired) electrons. The van der Waals surface area contributed by atoms with Crippen LogP contribution < -0.4 is 15.4 Å². The summed E-state index contributed by atoms with van der Waals surface area (Å²) in [5.41, 5.74) is 1.26. The smallest absolute Gasteiger partial charge is 0.119 e. The minimum atomic E-state index is 0.271. The summed E-state index contributed by atoms with van der Waals surface area (Å²) in [6, 6.07) is 8.27. The summed E-state index contributed by atoms with van der Waals surface area (Å²) in [7, 11) is 3.71. The summed E-state index contributed by atoms with van der Waals surface area (Å²) in [5.74, 6) is 0.915. The topological polar surface area (TPSA) is 36.5 Å². The van der Waals surface area contributed by atoms with Crippen molar-refractivity contribution in [3.8, 4) is 5.75 Å². The molecule has 1 heterocycles. The van der Waals surface area contributed by atoms with Crippen LogP contribution in [0.15, 0.2) is 24.3 Å². The molecule has 1 atom stereocenters. The zero-order valence-electron chi connectivity index (χ0n) is 10.6. The highest BCUT2D eigenvalue weighted by Gasteiger charge is 2.20. The van der Waals surface area contributed by atoms with E-state index in [1.807, 2.05) is 19.2 Å². The van der Waals surface area contributed by atoms with Gasteiger partial charge >= 0.3 is 0 Å². The van der Waals surface area contributed by atoms with Crippen LogP contribution in [0.3, 0.4) is 0 Å². The van der Waals surface area contributed by atoms with Gasteiger partial charge in [-0.25, -0.2) is 0 Å². The van der Waals surface area contributed by atoms with Gasteiger partial charge in [-0.1, -0.05) is 12.1 Å². The van der Waals surface area contributed by atoms with Gasteiger partial charge in [-0.2, -0.15) is 0 Å². The highest BCUT2D eigenvalue weighted by Crippen LogP contribution is 2.22. The number of benzene rings is 1. The Morgan fingerprint density at radius 3 is 2.76 bits per heavy atom. The second-order valence-corrected chi connectivity index (χ2v) is 4.25. The molecule has 0 amide bonds. The normalized spacial score (nSPS) is 18.9. The fourth-order valence-corrected chi connectivity index (χ4v) is 2.31. The van der Waals surface area contributed by atoms with Gasteiger partial charge in [0.1, 0.15) is 5.75 Å². The van der Waals surface area contributed by atoms with Crippen molar-refractivity contribution in [2.45, 2.75) is 6.17 Å².